The maximum Gasteiger partial charge on any atom is 0.353 e. The van der Waals surface area contributed by atoms with E-state index in [0.29, 0.717) is 0 Å². The number of ether oxygens (including phenoxy) is 2. The second kappa shape index (κ2) is 11.0. The summed E-state index contributed by atoms with van der Waals surface area (Å²) in [6.45, 7) is 3.23. The van der Waals surface area contributed by atoms with Crippen molar-refractivity contribution in [3.8, 4) is 0 Å². The molecule has 2 unspecified atom stereocenters. The number of nitrogens with zero attached hydrogens (tertiary/aromatic N) is 1. The number of nitrogens with one attached hydrogen (secondary N) is 1. The van der Waals surface area contributed by atoms with Gasteiger partial charge in [0.05, 0.1) is 19.8 Å². The molecule has 10 nitrogen and oxygen atoms in total. The molecule has 0 aliphatic heterocycles. The number of aromatic nitrogens is 2. The predicted molar refractivity (Wildman–Crippen MR) is 94.1 cm³/mol. The highest BCUT2D eigenvalue weighted by Crippen LogP contribution is 2.48. The van der Waals surface area contributed by atoms with E-state index < -0.39 is 37.8 Å². The lowest BCUT2D eigenvalue weighted by Gasteiger charge is -2.23. The van der Waals surface area contributed by atoms with Crippen molar-refractivity contribution >= 4 is 7.60 Å². The summed E-state index contributed by atoms with van der Waals surface area (Å²) >= 11 is 0. The first-order chi connectivity index (χ1) is 12.4. The second-order valence-corrected chi connectivity index (χ2v) is 7.01. The highest BCUT2D eigenvalue weighted by atomic mass is 31.2. The van der Waals surface area contributed by atoms with Gasteiger partial charge in [-0.05, 0) is 6.08 Å². The van der Waals surface area contributed by atoms with Crippen LogP contribution in [0, 0.1) is 0 Å². The average Bonchev–Trinajstić information content (AvgIpc) is 2.64. The highest BCUT2D eigenvalue weighted by Gasteiger charge is 2.21. The van der Waals surface area contributed by atoms with E-state index in [2.05, 4.69) is 11.6 Å². The minimum atomic E-state index is -3.43. The minimum Gasteiger partial charge on any atom is -0.392 e. The maximum absolute atomic E-state index is 12.1. The summed E-state index contributed by atoms with van der Waals surface area (Å²) in [6, 6.07) is 1.12. The molecular formula is C15H23N2O8P. The zero-order valence-electron chi connectivity index (χ0n) is 14.6. The molecule has 0 bridgehead atoms. The van der Waals surface area contributed by atoms with E-state index >= 15 is 0 Å². The Morgan fingerprint density at radius 2 is 2.08 bits per heavy atom. The first-order valence-electron chi connectivity index (χ1n) is 7.56. The van der Waals surface area contributed by atoms with Crippen LogP contribution < -0.4 is 11.2 Å². The molecule has 0 aliphatic rings. The van der Waals surface area contributed by atoms with Crippen molar-refractivity contribution in [3.05, 3.63) is 57.6 Å². The number of hydrogen-bond donors (Lipinski definition) is 2. The first-order valence-corrected chi connectivity index (χ1v) is 9.17. The Morgan fingerprint density at radius 1 is 1.38 bits per heavy atom. The summed E-state index contributed by atoms with van der Waals surface area (Å²) in [5.41, 5.74) is -1.32. The van der Waals surface area contributed by atoms with Gasteiger partial charge in [0.2, 0.25) is 0 Å². The van der Waals surface area contributed by atoms with Crippen molar-refractivity contribution in [3.63, 3.8) is 0 Å². The monoisotopic (exact) mass is 390 g/mol. The molecule has 1 aromatic heterocycles. The van der Waals surface area contributed by atoms with Crippen LogP contribution in [0.4, 0.5) is 0 Å². The van der Waals surface area contributed by atoms with Gasteiger partial charge in [0.25, 0.3) is 5.56 Å². The van der Waals surface area contributed by atoms with Crippen molar-refractivity contribution < 1.29 is 28.2 Å². The van der Waals surface area contributed by atoms with Crippen LogP contribution in [-0.2, 0) is 23.1 Å². The third kappa shape index (κ3) is 6.83. The molecule has 1 heterocycles. The lowest BCUT2D eigenvalue weighted by molar-refractivity contribution is -0.0874. The summed E-state index contributed by atoms with van der Waals surface area (Å²) in [4.78, 5) is 25.1. The fraction of sp³-hybridized carbons (Fsp3) is 0.467. The number of rotatable bonds is 12. The third-order valence-corrected chi connectivity index (χ3v) is 4.71. The van der Waals surface area contributed by atoms with Gasteiger partial charge < -0.3 is 23.6 Å². The van der Waals surface area contributed by atoms with Gasteiger partial charge in [-0.2, -0.15) is 0 Å². The predicted octanol–water partition coefficient (Wildman–Crippen LogP) is 0.615. The smallest absolute Gasteiger partial charge is 0.353 e. The van der Waals surface area contributed by atoms with Crippen molar-refractivity contribution in [1.29, 1.82) is 0 Å². The molecule has 0 fully saturated rings. The molecule has 0 saturated heterocycles. The van der Waals surface area contributed by atoms with Crippen LogP contribution in [0.1, 0.15) is 6.23 Å². The van der Waals surface area contributed by atoms with Crippen LogP contribution in [0.25, 0.3) is 0 Å². The average molecular weight is 390 g/mol. The molecule has 0 saturated carbocycles. The van der Waals surface area contributed by atoms with Gasteiger partial charge >= 0.3 is 13.3 Å². The molecule has 0 amide bonds. The number of hydrogen-bond acceptors (Lipinski definition) is 8. The quantitative estimate of drug-likeness (QED) is 0.302. The molecule has 0 aromatic carbocycles. The Balaban J connectivity index is 3.02. The Kier molecular flexibility index (Phi) is 9.42. The SMILES string of the molecule is C=CCOCC(/C=C/P(=O)(OC)OC)OC(CO)n1ccc(=O)[nH]c1=O. The molecule has 146 valence electrons. The number of H-pyrrole nitrogens is 1. The van der Waals surface area contributed by atoms with E-state index in [9.17, 15) is 19.3 Å². The van der Waals surface area contributed by atoms with Gasteiger partial charge in [0, 0.05) is 32.3 Å². The van der Waals surface area contributed by atoms with Gasteiger partial charge in [-0.1, -0.05) is 6.08 Å². The largest absolute Gasteiger partial charge is 0.392 e. The number of aliphatic hydroxyl groups is 1. The lowest BCUT2D eigenvalue weighted by atomic mass is 10.3. The zero-order valence-corrected chi connectivity index (χ0v) is 15.5. The first kappa shape index (κ1) is 22.2. The zero-order chi connectivity index (χ0) is 19.6. The van der Waals surface area contributed by atoms with Crippen LogP contribution in [0.2, 0.25) is 0 Å². The highest BCUT2D eigenvalue weighted by molar-refractivity contribution is 7.57. The standard InChI is InChI=1S/C15H23N2O8P/c1-4-8-24-11-12(6-9-26(21,22-2)23-3)25-14(10-18)17-7-5-13(19)16-15(17)20/h4-7,9,12,14,18H,1,8,10-11H2,2-3H3,(H,16,19,20)/b9-6+. The fourth-order valence-corrected chi connectivity index (χ4v) is 2.65. The van der Waals surface area contributed by atoms with E-state index in [-0.39, 0.29) is 13.2 Å². The molecule has 2 atom stereocenters. The number of aliphatic hydroxyl groups excluding tert-OH is 1. The molecule has 0 radical (unpaired) electrons. The summed E-state index contributed by atoms with van der Waals surface area (Å²) in [7, 11) is -0.966. The lowest BCUT2D eigenvalue weighted by Crippen LogP contribution is -2.36. The van der Waals surface area contributed by atoms with Crippen LogP contribution in [0.5, 0.6) is 0 Å². The minimum absolute atomic E-state index is 0.0184. The van der Waals surface area contributed by atoms with Gasteiger partial charge in [-0.3, -0.25) is 18.9 Å². The summed E-state index contributed by atoms with van der Waals surface area (Å²) in [5.74, 6) is 1.19. The van der Waals surface area contributed by atoms with Gasteiger partial charge in [0.15, 0.2) is 6.23 Å². The molecule has 1 aromatic rings. The normalized spacial score (nSPS) is 14.4. The topological polar surface area (TPSA) is 129 Å². The summed E-state index contributed by atoms with van der Waals surface area (Å²) < 4.78 is 33.7. The Morgan fingerprint density at radius 3 is 2.62 bits per heavy atom. The van der Waals surface area contributed by atoms with Crippen LogP contribution in [0.15, 0.2) is 46.4 Å². The molecule has 11 heteroatoms. The molecule has 1 rings (SSSR count). The summed E-state index contributed by atoms with van der Waals surface area (Å²) in [5, 5.41) is 9.55. The van der Waals surface area contributed by atoms with Crippen molar-refractivity contribution in [2.24, 2.45) is 0 Å². The van der Waals surface area contributed by atoms with Crippen molar-refractivity contribution in [1.82, 2.24) is 9.55 Å². The van der Waals surface area contributed by atoms with E-state index in [0.717, 1.165) is 10.6 Å². The number of aromatic amines is 1. The van der Waals surface area contributed by atoms with Crippen LogP contribution in [0.3, 0.4) is 0 Å². The van der Waals surface area contributed by atoms with Crippen molar-refractivity contribution in [2.45, 2.75) is 12.3 Å². The third-order valence-electron chi connectivity index (χ3n) is 3.16. The van der Waals surface area contributed by atoms with Crippen LogP contribution in [-0.4, -0.2) is 54.8 Å². The van der Waals surface area contributed by atoms with E-state index in [1.54, 1.807) is 0 Å². The Labute approximate surface area is 150 Å². The fourth-order valence-electron chi connectivity index (χ4n) is 1.86. The van der Waals surface area contributed by atoms with E-state index in [1.807, 2.05) is 0 Å². The van der Waals surface area contributed by atoms with E-state index in [4.69, 9.17) is 18.5 Å². The van der Waals surface area contributed by atoms with Crippen LogP contribution >= 0.6 is 7.60 Å². The van der Waals surface area contributed by atoms with Gasteiger partial charge in [-0.25, -0.2) is 4.79 Å². The summed E-state index contributed by atoms with van der Waals surface area (Å²) in [6.07, 6.45) is 2.21. The Bertz CT molecular complexity index is 749. The van der Waals surface area contributed by atoms with Gasteiger partial charge in [-0.15, -0.1) is 6.58 Å². The van der Waals surface area contributed by atoms with Crippen molar-refractivity contribution in [2.75, 3.05) is 34.0 Å². The molecular weight excluding hydrogens is 367 g/mol. The molecule has 0 aliphatic carbocycles. The Hall–Kier alpha value is -1.81. The molecule has 26 heavy (non-hydrogen) atoms. The molecule has 2 N–H and O–H groups in total. The maximum atomic E-state index is 12.1. The second-order valence-electron chi connectivity index (χ2n) is 4.90. The van der Waals surface area contributed by atoms with E-state index in [1.165, 1.54) is 38.4 Å². The van der Waals surface area contributed by atoms with Gasteiger partial charge in [0.1, 0.15) is 6.10 Å². The molecule has 0 spiro atoms.